The molecule has 1 unspecified atom stereocenters. The highest BCUT2D eigenvalue weighted by atomic mass is 35.5. The maximum Gasteiger partial charge on any atom is 0.491 e. The number of nitrogens with zero attached hydrogens (tertiary/aromatic N) is 1. The summed E-state index contributed by atoms with van der Waals surface area (Å²) in [6.07, 6.45) is -0.182. The summed E-state index contributed by atoms with van der Waals surface area (Å²) in [5, 5.41) is 21.0. The Morgan fingerprint density at radius 2 is 2.33 bits per heavy atom. The van der Waals surface area contributed by atoms with Crippen LogP contribution < -0.4 is 5.46 Å². The Bertz CT molecular complexity index is 424. The molecule has 0 saturated carbocycles. The number of oxime groups is 1. The number of fused-ring (bicyclic) bond motifs is 1. The summed E-state index contributed by atoms with van der Waals surface area (Å²) in [4.78, 5) is 0. The Hall–Kier alpha value is -1.04. The van der Waals surface area contributed by atoms with Crippen molar-refractivity contribution < 1.29 is 14.9 Å². The molecule has 1 aromatic rings. The van der Waals surface area contributed by atoms with Crippen LogP contribution in [0, 0.1) is 0 Å². The zero-order chi connectivity index (χ0) is 11.0. The van der Waals surface area contributed by atoms with Crippen molar-refractivity contribution in [3.63, 3.8) is 0 Å². The lowest BCUT2D eigenvalue weighted by atomic mass is 9.79. The zero-order valence-corrected chi connectivity index (χ0v) is 8.77. The van der Waals surface area contributed by atoms with Gasteiger partial charge in [-0.15, -0.1) is 0 Å². The van der Waals surface area contributed by atoms with Crippen LogP contribution in [0.5, 0.6) is 0 Å². The molecule has 2 N–H and O–H groups in total. The molecule has 0 radical (unpaired) electrons. The van der Waals surface area contributed by atoms with Crippen LogP contribution in [0.2, 0.25) is 0 Å². The first-order valence-electron chi connectivity index (χ1n) is 4.48. The molecule has 0 saturated heterocycles. The van der Waals surface area contributed by atoms with Crippen molar-refractivity contribution in [2.75, 3.05) is 0 Å². The second kappa shape index (κ2) is 3.85. The second-order valence-corrected chi connectivity index (χ2v) is 3.72. The van der Waals surface area contributed by atoms with Crippen molar-refractivity contribution in [1.82, 2.24) is 0 Å². The Balaban J connectivity index is 2.47. The van der Waals surface area contributed by atoms with Crippen molar-refractivity contribution in [3.05, 3.63) is 29.3 Å². The summed E-state index contributed by atoms with van der Waals surface area (Å²) in [5.74, 6) is 0. The van der Waals surface area contributed by atoms with E-state index in [-0.39, 0.29) is 11.3 Å². The molecule has 1 aliphatic heterocycles. The van der Waals surface area contributed by atoms with Crippen molar-refractivity contribution in [2.45, 2.75) is 13.0 Å². The van der Waals surface area contributed by atoms with Gasteiger partial charge in [0.2, 0.25) is 0 Å². The predicted molar refractivity (Wildman–Crippen MR) is 57.7 cm³/mol. The van der Waals surface area contributed by atoms with Crippen LogP contribution >= 0.6 is 11.6 Å². The van der Waals surface area contributed by atoms with E-state index in [1.165, 1.54) is 0 Å². The Morgan fingerprint density at radius 1 is 1.60 bits per heavy atom. The molecule has 6 heteroatoms. The minimum atomic E-state index is -0.881. The van der Waals surface area contributed by atoms with Gasteiger partial charge >= 0.3 is 7.12 Å². The number of hydrogen-bond donors (Lipinski definition) is 2. The van der Waals surface area contributed by atoms with Gasteiger partial charge in [0, 0.05) is 5.56 Å². The standard InChI is InChI=1S/C9H9BClNO3/c1-5-7-4-6(9(11)12-14)2-3-8(7)10(13)15-5/h2-5,13-14H,1H3/b12-9+. The normalized spacial score (nSPS) is 20.6. The Labute approximate surface area is 92.3 Å². The lowest BCUT2D eigenvalue weighted by molar-refractivity contribution is 0.209. The van der Waals surface area contributed by atoms with E-state index in [0.29, 0.717) is 5.56 Å². The monoisotopic (exact) mass is 225 g/mol. The molecule has 1 aromatic carbocycles. The van der Waals surface area contributed by atoms with Gasteiger partial charge < -0.3 is 14.9 Å². The highest BCUT2D eigenvalue weighted by molar-refractivity contribution is 6.69. The molecule has 78 valence electrons. The molecule has 0 aliphatic carbocycles. The number of benzene rings is 1. The van der Waals surface area contributed by atoms with Gasteiger partial charge in [-0.1, -0.05) is 28.9 Å². The van der Waals surface area contributed by atoms with Gasteiger partial charge in [0.25, 0.3) is 0 Å². The van der Waals surface area contributed by atoms with E-state index in [2.05, 4.69) is 5.16 Å². The van der Waals surface area contributed by atoms with Crippen molar-refractivity contribution >= 4 is 29.4 Å². The van der Waals surface area contributed by atoms with Crippen LogP contribution in [0.3, 0.4) is 0 Å². The molecule has 1 atom stereocenters. The molecule has 1 heterocycles. The highest BCUT2D eigenvalue weighted by Gasteiger charge is 2.32. The maximum atomic E-state index is 9.50. The minimum Gasteiger partial charge on any atom is -0.423 e. The quantitative estimate of drug-likeness (QED) is 0.322. The topological polar surface area (TPSA) is 62.0 Å². The summed E-state index contributed by atoms with van der Waals surface area (Å²) in [5.41, 5.74) is 2.19. The molecule has 0 spiro atoms. The summed E-state index contributed by atoms with van der Waals surface area (Å²) in [6, 6.07) is 5.14. The predicted octanol–water partition coefficient (Wildman–Crippen LogP) is 0.840. The molecule has 0 amide bonds. The molecule has 15 heavy (non-hydrogen) atoms. The van der Waals surface area contributed by atoms with Crippen LogP contribution in [0.15, 0.2) is 23.4 Å². The summed E-state index contributed by atoms with van der Waals surface area (Å²) < 4.78 is 5.21. The fourth-order valence-corrected chi connectivity index (χ4v) is 1.80. The molecule has 4 nitrogen and oxygen atoms in total. The minimum absolute atomic E-state index is 0.0198. The van der Waals surface area contributed by atoms with E-state index in [4.69, 9.17) is 21.5 Å². The van der Waals surface area contributed by atoms with Gasteiger partial charge in [0.1, 0.15) is 0 Å². The SMILES string of the molecule is CC1OB(O)c2ccc(/C(Cl)=N\O)cc21. The largest absolute Gasteiger partial charge is 0.491 e. The average molecular weight is 225 g/mol. The van der Waals surface area contributed by atoms with Crippen LogP contribution in [0.1, 0.15) is 24.2 Å². The first-order chi connectivity index (χ1) is 7.13. The van der Waals surface area contributed by atoms with Gasteiger partial charge in [-0.05, 0) is 24.0 Å². The molecule has 0 bridgehead atoms. The van der Waals surface area contributed by atoms with E-state index < -0.39 is 7.12 Å². The van der Waals surface area contributed by atoms with Gasteiger partial charge in [-0.2, -0.15) is 0 Å². The maximum absolute atomic E-state index is 9.50. The smallest absolute Gasteiger partial charge is 0.423 e. The highest BCUT2D eigenvalue weighted by Crippen LogP contribution is 2.23. The summed E-state index contributed by atoms with van der Waals surface area (Å²) in [7, 11) is -0.881. The van der Waals surface area contributed by atoms with Gasteiger partial charge in [0.15, 0.2) is 5.17 Å². The van der Waals surface area contributed by atoms with Crippen LogP contribution in [0.4, 0.5) is 0 Å². The fourth-order valence-electron chi connectivity index (χ4n) is 1.68. The molecule has 1 aliphatic rings. The van der Waals surface area contributed by atoms with Crippen LogP contribution in [0.25, 0.3) is 0 Å². The number of hydrogen-bond acceptors (Lipinski definition) is 4. The molecule has 2 rings (SSSR count). The van der Waals surface area contributed by atoms with E-state index in [0.717, 1.165) is 11.0 Å². The summed E-state index contributed by atoms with van der Waals surface area (Å²) >= 11 is 5.67. The number of halogens is 1. The lowest BCUT2D eigenvalue weighted by Crippen LogP contribution is -2.28. The van der Waals surface area contributed by atoms with Gasteiger partial charge in [-0.25, -0.2) is 0 Å². The third-order valence-electron chi connectivity index (χ3n) is 2.45. The Kier molecular flexibility index (Phi) is 2.69. The van der Waals surface area contributed by atoms with Crippen molar-refractivity contribution in [3.8, 4) is 0 Å². The first kappa shape index (κ1) is 10.5. The second-order valence-electron chi connectivity index (χ2n) is 3.37. The van der Waals surface area contributed by atoms with Gasteiger partial charge in [-0.3, -0.25) is 0 Å². The molecular formula is C9H9BClNO3. The van der Waals surface area contributed by atoms with E-state index in [1.54, 1.807) is 18.2 Å². The summed E-state index contributed by atoms with van der Waals surface area (Å²) in [6.45, 7) is 1.84. The van der Waals surface area contributed by atoms with Crippen LogP contribution in [-0.2, 0) is 4.65 Å². The van der Waals surface area contributed by atoms with E-state index >= 15 is 0 Å². The fraction of sp³-hybridized carbons (Fsp3) is 0.222. The first-order valence-corrected chi connectivity index (χ1v) is 4.86. The van der Waals surface area contributed by atoms with E-state index in [1.807, 2.05) is 6.92 Å². The third-order valence-corrected chi connectivity index (χ3v) is 2.74. The zero-order valence-electron chi connectivity index (χ0n) is 8.01. The van der Waals surface area contributed by atoms with Crippen molar-refractivity contribution in [1.29, 1.82) is 0 Å². The third kappa shape index (κ3) is 1.74. The van der Waals surface area contributed by atoms with Gasteiger partial charge in [0.05, 0.1) is 6.10 Å². The van der Waals surface area contributed by atoms with Crippen molar-refractivity contribution in [2.24, 2.45) is 5.16 Å². The van der Waals surface area contributed by atoms with E-state index in [9.17, 15) is 5.02 Å². The number of rotatable bonds is 1. The molecule has 0 fully saturated rings. The molecular weight excluding hydrogens is 216 g/mol. The Morgan fingerprint density at radius 3 is 3.00 bits per heavy atom. The average Bonchev–Trinajstić information content (AvgIpc) is 2.53. The molecule has 0 aromatic heterocycles. The lowest BCUT2D eigenvalue weighted by Gasteiger charge is -2.05. The van der Waals surface area contributed by atoms with Crippen LogP contribution in [-0.4, -0.2) is 22.5 Å².